The quantitative estimate of drug-likeness (QED) is 0.149. The number of fused-ring (bicyclic) bond motifs is 16. The van der Waals surface area contributed by atoms with E-state index in [0.29, 0.717) is 0 Å². The van der Waals surface area contributed by atoms with Crippen molar-refractivity contribution in [3.05, 3.63) is 290 Å². The van der Waals surface area contributed by atoms with Gasteiger partial charge in [-0.05, 0) is 195 Å². The molecule has 4 nitrogen and oxygen atoms in total. The highest BCUT2D eigenvalue weighted by atomic mass is 16.3. The fraction of sp³-hybridized carbons (Fsp3) is 0.0370. The monoisotopic (exact) mass is 1080 g/mol. The van der Waals surface area contributed by atoms with Gasteiger partial charge in [-0.3, -0.25) is 0 Å². The normalized spacial score (nSPS) is 12.9. The zero-order valence-corrected chi connectivity index (χ0v) is 46.8. The van der Waals surface area contributed by atoms with Crippen molar-refractivity contribution >= 4 is 143 Å². The maximum atomic E-state index is 6.43. The minimum atomic E-state index is -0.407. The summed E-state index contributed by atoms with van der Waals surface area (Å²) in [5.41, 5.74) is 17.1. The maximum absolute atomic E-state index is 6.43. The predicted molar refractivity (Wildman–Crippen MR) is 358 cm³/mol. The van der Waals surface area contributed by atoms with Crippen LogP contribution in [0.4, 0.5) is 34.1 Å². The van der Waals surface area contributed by atoms with Crippen LogP contribution >= 0.6 is 0 Å². The van der Waals surface area contributed by atoms with Crippen molar-refractivity contribution in [3.8, 4) is 22.3 Å². The second kappa shape index (κ2) is 18.0. The molecule has 18 rings (SSSR count). The smallest absolute Gasteiger partial charge is 0.135 e. The summed E-state index contributed by atoms with van der Waals surface area (Å²) in [6.45, 7) is 4.85. The Morgan fingerprint density at radius 2 is 0.671 bits per heavy atom. The molecule has 0 amide bonds. The highest BCUT2D eigenvalue weighted by Crippen LogP contribution is 2.57. The van der Waals surface area contributed by atoms with Crippen LogP contribution in [0.15, 0.2) is 288 Å². The molecule has 0 atom stereocenters. The van der Waals surface area contributed by atoms with Crippen molar-refractivity contribution in [1.29, 1.82) is 0 Å². The van der Waals surface area contributed by atoms with Gasteiger partial charge in [0.15, 0.2) is 0 Å². The fourth-order valence-corrected chi connectivity index (χ4v) is 14.5. The Kier molecular flexibility index (Phi) is 10.1. The van der Waals surface area contributed by atoms with E-state index in [1.165, 1.54) is 98.0 Å². The lowest BCUT2D eigenvalue weighted by molar-refractivity contribution is 0.645. The van der Waals surface area contributed by atoms with E-state index in [0.717, 1.165) is 78.0 Å². The zero-order valence-electron chi connectivity index (χ0n) is 46.8. The van der Waals surface area contributed by atoms with Crippen molar-refractivity contribution in [2.24, 2.45) is 0 Å². The van der Waals surface area contributed by atoms with E-state index in [9.17, 15) is 0 Å². The van der Waals surface area contributed by atoms with E-state index in [-0.39, 0.29) is 0 Å². The van der Waals surface area contributed by atoms with Crippen LogP contribution in [-0.2, 0) is 5.41 Å². The highest BCUT2D eigenvalue weighted by molar-refractivity contribution is 6.25. The summed E-state index contributed by atoms with van der Waals surface area (Å²) in [4.78, 5) is 4.89. The van der Waals surface area contributed by atoms with E-state index in [1.54, 1.807) is 0 Å². The molecule has 17 aromatic rings. The molecule has 0 unspecified atom stereocenters. The standard InChI is InChI=1S/C81H52N2O2/c1-81(2)72-24-14-23-64-69-45-56(82(57-37-41-76-70(46-57)62-21-10-12-25-74(62)84-76)54-33-31-51-29-27-49-15-6-8-19-60(49)67(51)43-54)35-39-65(69)78(53-17-4-3-5-18-53)80(79(64)72)66-40-36-59(48-73(66)81)83(58-38-42-77-71(47-58)63-22-11-13-26-75(63)85-77)55-34-32-52-30-28-50-16-7-9-20-61(50)68(52)44-55/h3-48H,1-2H3. The largest absolute Gasteiger partial charge is 0.456 e. The Morgan fingerprint density at radius 3 is 1.25 bits per heavy atom. The van der Waals surface area contributed by atoms with E-state index in [4.69, 9.17) is 8.83 Å². The van der Waals surface area contributed by atoms with Gasteiger partial charge in [-0.1, -0.05) is 196 Å². The van der Waals surface area contributed by atoms with Crippen LogP contribution < -0.4 is 9.80 Å². The van der Waals surface area contributed by atoms with E-state index >= 15 is 0 Å². The molecule has 2 heterocycles. The number of hydrogen-bond acceptors (Lipinski definition) is 4. The second-order valence-electron chi connectivity index (χ2n) is 23.5. The van der Waals surface area contributed by atoms with Gasteiger partial charge in [0.05, 0.1) is 0 Å². The van der Waals surface area contributed by atoms with Crippen molar-refractivity contribution in [1.82, 2.24) is 0 Å². The molecule has 4 heteroatoms. The molecule has 1 aliphatic rings. The summed E-state index contributed by atoms with van der Waals surface area (Å²) in [6, 6.07) is 103. The molecule has 0 aliphatic heterocycles. The van der Waals surface area contributed by atoms with Crippen molar-refractivity contribution in [3.63, 3.8) is 0 Å². The lowest BCUT2D eigenvalue weighted by Gasteiger charge is -2.38. The third-order valence-electron chi connectivity index (χ3n) is 18.5. The molecule has 0 N–H and O–H groups in total. The first kappa shape index (κ1) is 47.7. The number of furan rings is 2. The average Bonchev–Trinajstić information content (AvgIpc) is 1.53. The third-order valence-corrected chi connectivity index (χ3v) is 18.5. The van der Waals surface area contributed by atoms with Gasteiger partial charge in [0, 0.05) is 61.1 Å². The van der Waals surface area contributed by atoms with Gasteiger partial charge in [-0.2, -0.15) is 0 Å². The van der Waals surface area contributed by atoms with Crippen LogP contribution in [0, 0.1) is 0 Å². The summed E-state index contributed by atoms with van der Waals surface area (Å²) >= 11 is 0. The first-order valence-corrected chi connectivity index (χ1v) is 29.4. The summed E-state index contributed by atoms with van der Waals surface area (Å²) in [7, 11) is 0. The van der Waals surface area contributed by atoms with Crippen LogP contribution in [0.25, 0.3) is 131 Å². The summed E-state index contributed by atoms with van der Waals surface area (Å²) in [5, 5.41) is 19.1. The zero-order chi connectivity index (χ0) is 56.1. The van der Waals surface area contributed by atoms with Gasteiger partial charge < -0.3 is 18.6 Å². The highest BCUT2D eigenvalue weighted by Gasteiger charge is 2.37. The molecule has 0 saturated heterocycles. The van der Waals surface area contributed by atoms with Crippen LogP contribution in [0.2, 0.25) is 0 Å². The van der Waals surface area contributed by atoms with Gasteiger partial charge in [0.2, 0.25) is 0 Å². The van der Waals surface area contributed by atoms with Gasteiger partial charge in [-0.25, -0.2) is 0 Å². The molecular formula is C81H52N2O2. The van der Waals surface area contributed by atoms with Gasteiger partial charge in [-0.15, -0.1) is 0 Å². The van der Waals surface area contributed by atoms with Crippen LogP contribution in [0.1, 0.15) is 25.0 Å². The SMILES string of the molecule is CC1(C)c2cc(N(c3ccc4ccc5ccccc5c4c3)c3ccc4oc5ccccc5c4c3)ccc2-c2c(-c3ccccc3)c3ccc(N(c4ccc5ccc6ccccc6c5c4)c4ccc5oc6ccccc6c5c4)cc3c3cccc1c23. The number of para-hydroxylation sites is 2. The number of hydrogen-bond donors (Lipinski definition) is 0. The molecule has 0 spiro atoms. The molecule has 2 aromatic heterocycles. The molecule has 0 radical (unpaired) electrons. The molecule has 398 valence electrons. The summed E-state index contributed by atoms with van der Waals surface area (Å²) < 4.78 is 12.9. The van der Waals surface area contributed by atoms with Gasteiger partial charge >= 0.3 is 0 Å². The lowest BCUT2D eigenvalue weighted by Crippen LogP contribution is -2.24. The van der Waals surface area contributed by atoms with Crippen LogP contribution in [-0.4, -0.2) is 0 Å². The van der Waals surface area contributed by atoms with Gasteiger partial charge in [0.1, 0.15) is 22.3 Å². The number of rotatable bonds is 7. The third kappa shape index (κ3) is 7.16. The Balaban J connectivity index is 0.871. The molecule has 15 aromatic carbocycles. The predicted octanol–water partition coefficient (Wildman–Crippen LogP) is 23.3. The lowest BCUT2D eigenvalue weighted by atomic mass is 9.66. The van der Waals surface area contributed by atoms with E-state index in [2.05, 4.69) is 291 Å². The summed E-state index contributed by atoms with van der Waals surface area (Å²) in [6.07, 6.45) is 0. The molecule has 0 bridgehead atoms. The van der Waals surface area contributed by atoms with E-state index in [1.807, 2.05) is 12.1 Å². The number of benzene rings is 15. The summed E-state index contributed by atoms with van der Waals surface area (Å²) in [5.74, 6) is 0. The molecular weight excluding hydrogens is 1030 g/mol. The number of anilines is 6. The minimum Gasteiger partial charge on any atom is -0.456 e. The maximum Gasteiger partial charge on any atom is 0.135 e. The van der Waals surface area contributed by atoms with Gasteiger partial charge in [0.25, 0.3) is 0 Å². The first-order chi connectivity index (χ1) is 41.9. The molecule has 0 fully saturated rings. The Bertz CT molecular complexity index is 5670. The molecule has 0 saturated carbocycles. The fourth-order valence-electron chi connectivity index (χ4n) is 14.5. The average molecular weight is 1090 g/mol. The Labute approximate surface area is 490 Å². The number of nitrogens with zero attached hydrogens (tertiary/aromatic N) is 2. The van der Waals surface area contributed by atoms with E-state index < -0.39 is 5.41 Å². The van der Waals surface area contributed by atoms with Crippen molar-refractivity contribution in [2.75, 3.05) is 9.80 Å². The minimum absolute atomic E-state index is 0.407. The van der Waals surface area contributed by atoms with Crippen molar-refractivity contribution < 1.29 is 8.83 Å². The Hall–Kier alpha value is -10.9. The van der Waals surface area contributed by atoms with Crippen molar-refractivity contribution in [2.45, 2.75) is 19.3 Å². The first-order valence-electron chi connectivity index (χ1n) is 29.4. The Morgan fingerprint density at radius 1 is 0.259 bits per heavy atom. The second-order valence-corrected chi connectivity index (χ2v) is 23.5. The van der Waals surface area contributed by atoms with Crippen LogP contribution in [0.5, 0.6) is 0 Å². The topological polar surface area (TPSA) is 32.8 Å². The molecule has 1 aliphatic carbocycles. The van der Waals surface area contributed by atoms with Crippen LogP contribution in [0.3, 0.4) is 0 Å². The molecule has 85 heavy (non-hydrogen) atoms.